The fraction of sp³-hybridized carbons (Fsp3) is 0.0769. The number of nitro benzene ring substituents is 1. The van der Waals surface area contributed by atoms with E-state index in [-0.39, 0.29) is 12.1 Å². The van der Waals surface area contributed by atoms with Gasteiger partial charge in [0.15, 0.2) is 0 Å². The number of halogens is 4. The van der Waals surface area contributed by atoms with Gasteiger partial charge in [-0.25, -0.2) is 4.39 Å². The van der Waals surface area contributed by atoms with Crippen molar-refractivity contribution in [1.29, 1.82) is 0 Å². The standard InChI is InChI=1S/C13H8BrClF2N2O2/c14-9-4-8(15)1-2-12(9)18-6-7-3-13(19(20)21)11(17)5-10(7)16/h1-5,18H,6H2. The zero-order chi connectivity index (χ0) is 15.6. The first-order valence-electron chi connectivity index (χ1n) is 5.69. The topological polar surface area (TPSA) is 55.2 Å². The van der Waals surface area contributed by atoms with Crippen LogP contribution in [0.3, 0.4) is 0 Å². The van der Waals surface area contributed by atoms with Crippen molar-refractivity contribution >= 4 is 38.9 Å². The van der Waals surface area contributed by atoms with E-state index < -0.39 is 22.2 Å². The fourth-order valence-electron chi connectivity index (χ4n) is 1.68. The van der Waals surface area contributed by atoms with Crippen LogP contribution < -0.4 is 5.32 Å². The third-order valence-corrected chi connectivity index (χ3v) is 3.60. The maximum Gasteiger partial charge on any atom is 0.305 e. The first-order chi connectivity index (χ1) is 9.88. The smallest absolute Gasteiger partial charge is 0.305 e. The Hall–Kier alpha value is -1.73. The van der Waals surface area contributed by atoms with Gasteiger partial charge in [0.25, 0.3) is 0 Å². The summed E-state index contributed by atoms with van der Waals surface area (Å²) in [5, 5.41) is 14.1. The Morgan fingerprint density at radius 1 is 1.24 bits per heavy atom. The molecular weight excluding hydrogens is 370 g/mol. The van der Waals surface area contributed by atoms with Crippen LogP contribution in [0.5, 0.6) is 0 Å². The van der Waals surface area contributed by atoms with Gasteiger partial charge in [0.1, 0.15) is 5.82 Å². The Balaban J connectivity index is 2.23. The van der Waals surface area contributed by atoms with Crippen LogP contribution in [0.15, 0.2) is 34.8 Å². The van der Waals surface area contributed by atoms with Crippen molar-refractivity contribution in [3.63, 3.8) is 0 Å². The molecule has 21 heavy (non-hydrogen) atoms. The summed E-state index contributed by atoms with van der Waals surface area (Å²) in [7, 11) is 0. The molecule has 2 aromatic rings. The van der Waals surface area contributed by atoms with E-state index in [0.717, 1.165) is 6.07 Å². The van der Waals surface area contributed by atoms with Gasteiger partial charge >= 0.3 is 5.69 Å². The van der Waals surface area contributed by atoms with Crippen molar-refractivity contribution < 1.29 is 13.7 Å². The quantitative estimate of drug-likeness (QED) is 0.609. The lowest BCUT2D eigenvalue weighted by Crippen LogP contribution is -2.04. The van der Waals surface area contributed by atoms with E-state index in [9.17, 15) is 18.9 Å². The molecule has 0 radical (unpaired) electrons. The van der Waals surface area contributed by atoms with Crippen molar-refractivity contribution in [2.24, 2.45) is 0 Å². The highest BCUT2D eigenvalue weighted by molar-refractivity contribution is 9.10. The van der Waals surface area contributed by atoms with E-state index in [4.69, 9.17) is 11.6 Å². The van der Waals surface area contributed by atoms with Gasteiger partial charge in [-0.2, -0.15) is 4.39 Å². The normalized spacial score (nSPS) is 10.5. The second-order valence-electron chi connectivity index (χ2n) is 4.13. The average Bonchev–Trinajstić information content (AvgIpc) is 2.39. The molecule has 0 aliphatic rings. The molecule has 0 unspecified atom stereocenters. The number of nitrogens with zero attached hydrogens (tertiary/aromatic N) is 1. The molecule has 110 valence electrons. The minimum absolute atomic E-state index is 0.00931. The maximum absolute atomic E-state index is 13.6. The molecule has 0 bridgehead atoms. The molecule has 2 aromatic carbocycles. The molecule has 0 heterocycles. The Bertz CT molecular complexity index is 713. The summed E-state index contributed by atoms with van der Waals surface area (Å²) in [6.45, 7) is -0.0345. The van der Waals surface area contributed by atoms with Crippen molar-refractivity contribution in [1.82, 2.24) is 0 Å². The predicted octanol–water partition coefficient (Wildman–Crippen LogP) is 4.90. The molecule has 0 amide bonds. The number of nitrogens with one attached hydrogen (secondary N) is 1. The highest BCUT2D eigenvalue weighted by Crippen LogP contribution is 2.27. The summed E-state index contributed by atoms with van der Waals surface area (Å²) in [5.74, 6) is -2.05. The predicted molar refractivity (Wildman–Crippen MR) is 79.5 cm³/mol. The lowest BCUT2D eigenvalue weighted by atomic mass is 10.1. The van der Waals surface area contributed by atoms with Crippen LogP contribution in [0.4, 0.5) is 20.2 Å². The van der Waals surface area contributed by atoms with Crippen LogP contribution in [-0.4, -0.2) is 4.92 Å². The Kier molecular flexibility index (Phi) is 4.74. The summed E-state index contributed by atoms with van der Waals surface area (Å²) in [6, 6.07) is 6.33. The number of hydrogen-bond acceptors (Lipinski definition) is 3. The van der Waals surface area contributed by atoms with E-state index in [1.54, 1.807) is 18.2 Å². The molecule has 0 aliphatic heterocycles. The number of benzene rings is 2. The molecule has 0 spiro atoms. The van der Waals surface area contributed by atoms with Gasteiger partial charge in [-0.1, -0.05) is 11.6 Å². The molecule has 0 saturated heterocycles. The van der Waals surface area contributed by atoms with Gasteiger partial charge in [0.05, 0.1) is 4.92 Å². The molecule has 0 atom stereocenters. The van der Waals surface area contributed by atoms with Crippen LogP contribution in [0, 0.1) is 21.7 Å². The number of rotatable bonds is 4. The van der Waals surface area contributed by atoms with Gasteiger partial charge in [0.2, 0.25) is 5.82 Å². The molecule has 0 aliphatic carbocycles. The van der Waals surface area contributed by atoms with Crippen molar-refractivity contribution in [2.45, 2.75) is 6.54 Å². The number of hydrogen-bond donors (Lipinski definition) is 1. The second-order valence-corrected chi connectivity index (χ2v) is 5.42. The van der Waals surface area contributed by atoms with E-state index in [0.29, 0.717) is 21.2 Å². The van der Waals surface area contributed by atoms with Crippen LogP contribution >= 0.6 is 27.5 Å². The van der Waals surface area contributed by atoms with Crippen LogP contribution in [0.25, 0.3) is 0 Å². The highest BCUT2D eigenvalue weighted by Gasteiger charge is 2.18. The van der Waals surface area contributed by atoms with E-state index >= 15 is 0 Å². The van der Waals surface area contributed by atoms with Crippen molar-refractivity contribution in [3.8, 4) is 0 Å². The highest BCUT2D eigenvalue weighted by atomic mass is 79.9. The number of anilines is 1. The molecule has 0 saturated carbocycles. The molecule has 2 rings (SSSR count). The Morgan fingerprint density at radius 2 is 1.95 bits per heavy atom. The van der Waals surface area contributed by atoms with Crippen molar-refractivity contribution in [2.75, 3.05) is 5.32 Å². The Labute approximate surface area is 132 Å². The first-order valence-corrected chi connectivity index (χ1v) is 6.87. The van der Waals surface area contributed by atoms with Gasteiger partial charge in [-0.05, 0) is 34.1 Å². The van der Waals surface area contributed by atoms with Gasteiger partial charge in [-0.3, -0.25) is 10.1 Å². The molecule has 0 aromatic heterocycles. The molecule has 4 nitrogen and oxygen atoms in total. The largest absolute Gasteiger partial charge is 0.380 e. The summed E-state index contributed by atoms with van der Waals surface area (Å²) < 4.78 is 27.5. The molecule has 0 fully saturated rings. The first kappa shape index (κ1) is 15.7. The minimum atomic E-state index is -1.20. The lowest BCUT2D eigenvalue weighted by molar-refractivity contribution is -0.387. The van der Waals surface area contributed by atoms with Gasteiger partial charge in [-0.15, -0.1) is 0 Å². The second kappa shape index (κ2) is 6.36. The monoisotopic (exact) mass is 376 g/mol. The van der Waals surface area contributed by atoms with Crippen molar-refractivity contribution in [3.05, 3.63) is 67.1 Å². The van der Waals surface area contributed by atoms with E-state index in [1.165, 1.54) is 0 Å². The summed E-state index contributed by atoms with van der Waals surface area (Å²) >= 11 is 9.08. The maximum atomic E-state index is 13.6. The number of nitro groups is 1. The fourth-order valence-corrected chi connectivity index (χ4v) is 2.50. The Morgan fingerprint density at radius 3 is 2.57 bits per heavy atom. The average molecular weight is 378 g/mol. The molecular formula is C13H8BrClF2N2O2. The molecule has 1 N–H and O–H groups in total. The summed E-state index contributed by atoms with van der Waals surface area (Å²) in [4.78, 5) is 9.76. The van der Waals surface area contributed by atoms with Crippen LogP contribution in [0.1, 0.15) is 5.56 Å². The minimum Gasteiger partial charge on any atom is -0.380 e. The summed E-state index contributed by atoms with van der Waals surface area (Å²) in [6.07, 6.45) is 0. The van der Waals surface area contributed by atoms with Gasteiger partial charge < -0.3 is 5.32 Å². The third kappa shape index (κ3) is 3.68. The lowest BCUT2D eigenvalue weighted by Gasteiger charge is -2.10. The van der Waals surface area contributed by atoms with Gasteiger partial charge in [0, 0.05) is 39.4 Å². The van der Waals surface area contributed by atoms with E-state index in [1.807, 2.05) is 0 Å². The zero-order valence-electron chi connectivity index (χ0n) is 10.4. The van der Waals surface area contributed by atoms with Crippen LogP contribution in [-0.2, 0) is 6.54 Å². The SMILES string of the molecule is O=[N+]([O-])c1cc(CNc2ccc(Cl)cc2Br)c(F)cc1F. The third-order valence-electron chi connectivity index (χ3n) is 2.71. The summed E-state index contributed by atoms with van der Waals surface area (Å²) in [5.41, 5.74) is -0.140. The van der Waals surface area contributed by atoms with Crippen LogP contribution in [0.2, 0.25) is 5.02 Å². The molecule has 8 heteroatoms. The zero-order valence-corrected chi connectivity index (χ0v) is 12.7. The van der Waals surface area contributed by atoms with E-state index in [2.05, 4.69) is 21.2 Å².